The molecule has 1 aromatic heterocycles. The van der Waals surface area contributed by atoms with Crippen LogP contribution in [0, 0.1) is 5.82 Å². The summed E-state index contributed by atoms with van der Waals surface area (Å²) in [5.41, 5.74) is 10.7. The number of aromatic nitrogens is 2. The van der Waals surface area contributed by atoms with Gasteiger partial charge in [-0.2, -0.15) is 5.10 Å². The van der Waals surface area contributed by atoms with Crippen LogP contribution < -0.4 is 11.5 Å². The number of nitrogen functional groups attached to an aromatic ring is 1. The fourth-order valence-electron chi connectivity index (χ4n) is 1.40. The molecule has 0 bridgehead atoms. The van der Waals surface area contributed by atoms with Crippen molar-refractivity contribution in [3.63, 3.8) is 0 Å². The summed E-state index contributed by atoms with van der Waals surface area (Å²) in [5.74, 6) is -1.35. The van der Waals surface area contributed by atoms with Gasteiger partial charge in [-0.15, -0.1) is 0 Å². The Kier molecular flexibility index (Phi) is 2.72. The van der Waals surface area contributed by atoms with Gasteiger partial charge in [0.15, 0.2) is 5.82 Å². The van der Waals surface area contributed by atoms with Crippen LogP contribution in [0.1, 0.15) is 10.4 Å². The van der Waals surface area contributed by atoms with Gasteiger partial charge in [0.2, 0.25) is 0 Å². The third-order valence-electron chi connectivity index (χ3n) is 2.18. The second kappa shape index (κ2) is 4.06. The highest BCUT2D eigenvalue weighted by Gasteiger charge is 2.13. The normalized spacial score (nSPS) is 10.5. The summed E-state index contributed by atoms with van der Waals surface area (Å²) in [7, 11) is 0. The van der Waals surface area contributed by atoms with Crippen LogP contribution in [-0.2, 0) is 0 Å². The van der Waals surface area contributed by atoms with Crippen LogP contribution in [0.2, 0.25) is 5.02 Å². The third-order valence-corrected chi connectivity index (χ3v) is 2.38. The van der Waals surface area contributed by atoms with Crippen molar-refractivity contribution in [2.45, 2.75) is 0 Å². The van der Waals surface area contributed by atoms with Crippen molar-refractivity contribution in [3.05, 3.63) is 40.9 Å². The quantitative estimate of drug-likeness (QED) is 0.793. The van der Waals surface area contributed by atoms with Gasteiger partial charge < -0.3 is 11.5 Å². The van der Waals surface area contributed by atoms with Crippen molar-refractivity contribution in [3.8, 4) is 5.69 Å². The Morgan fingerprint density at radius 3 is 2.71 bits per heavy atom. The van der Waals surface area contributed by atoms with E-state index in [0.717, 1.165) is 6.07 Å². The minimum absolute atomic E-state index is 0.0167. The molecular formula is C10H8ClFN4O. The number of primary amides is 1. The first-order valence-corrected chi connectivity index (χ1v) is 4.96. The number of anilines is 1. The zero-order valence-corrected chi connectivity index (χ0v) is 9.28. The van der Waals surface area contributed by atoms with Gasteiger partial charge in [0.05, 0.1) is 16.8 Å². The molecule has 0 aliphatic carbocycles. The first kappa shape index (κ1) is 11.4. The molecule has 0 atom stereocenters. The predicted molar refractivity (Wildman–Crippen MR) is 61.5 cm³/mol. The molecule has 0 saturated heterocycles. The van der Waals surface area contributed by atoms with E-state index in [1.54, 1.807) is 0 Å². The average molecular weight is 255 g/mol. The molecule has 0 spiro atoms. The molecule has 1 amide bonds. The molecule has 1 heterocycles. The van der Waals surface area contributed by atoms with E-state index in [0.29, 0.717) is 5.02 Å². The van der Waals surface area contributed by atoms with Crippen LogP contribution in [0.15, 0.2) is 24.5 Å². The van der Waals surface area contributed by atoms with Gasteiger partial charge in [-0.25, -0.2) is 9.07 Å². The smallest absolute Gasteiger partial charge is 0.250 e. The van der Waals surface area contributed by atoms with Crippen LogP contribution in [0.4, 0.5) is 10.1 Å². The average Bonchev–Trinajstić information content (AvgIpc) is 2.64. The molecule has 1 aromatic carbocycles. The van der Waals surface area contributed by atoms with Crippen LogP contribution >= 0.6 is 11.6 Å². The number of halogens is 2. The topological polar surface area (TPSA) is 86.9 Å². The number of rotatable bonds is 2. The van der Waals surface area contributed by atoms with Crippen molar-refractivity contribution in [1.29, 1.82) is 0 Å². The minimum Gasteiger partial charge on any atom is -0.398 e. The lowest BCUT2D eigenvalue weighted by Crippen LogP contribution is -2.15. The molecule has 0 unspecified atom stereocenters. The lowest BCUT2D eigenvalue weighted by Gasteiger charge is -2.07. The molecule has 0 aliphatic rings. The van der Waals surface area contributed by atoms with Gasteiger partial charge >= 0.3 is 0 Å². The molecule has 5 nitrogen and oxygen atoms in total. The Morgan fingerprint density at radius 1 is 1.47 bits per heavy atom. The van der Waals surface area contributed by atoms with E-state index in [2.05, 4.69) is 5.10 Å². The third kappa shape index (κ3) is 2.07. The molecule has 2 rings (SSSR count). The maximum atomic E-state index is 13.7. The van der Waals surface area contributed by atoms with Crippen molar-refractivity contribution in [2.75, 3.05) is 5.73 Å². The predicted octanol–water partition coefficient (Wildman–Crippen LogP) is 1.35. The van der Waals surface area contributed by atoms with Gasteiger partial charge in [0.1, 0.15) is 5.69 Å². The zero-order chi connectivity index (χ0) is 12.6. The Balaban J connectivity index is 2.62. The lowest BCUT2D eigenvalue weighted by molar-refractivity contribution is 0.100. The monoisotopic (exact) mass is 254 g/mol. The van der Waals surface area contributed by atoms with E-state index >= 15 is 0 Å². The molecule has 0 aliphatic heterocycles. The summed E-state index contributed by atoms with van der Waals surface area (Å²) in [6.07, 6.45) is 2.75. The Bertz CT molecular complexity index is 596. The summed E-state index contributed by atoms with van der Waals surface area (Å²) in [4.78, 5) is 11.1. The highest BCUT2D eigenvalue weighted by atomic mass is 35.5. The van der Waals surface area contributed by atoms with E-state index in [1.165, 1.54) is 23.1 Å². The molecule has 88 valence electrons. The Hall–Kier alpha value is -2.08. The summed E-state index contributed by atoms with van der Waals surface area (Å²) >= 11 is 5.67. The van der Waals surface area contributed by atoms with E-state index in [9.17, 15) is 9.18 Å². The maximum absolute atomic E-state index is 13.7. The van der Waals surface area contributed by atoms with Crippen LogP contribution in [0.25, 0.3) is 5.69 Å². The Morgan fingerprint density at radius 2 is 2.18 bits per heavy atom. The molecule has 4 N–H and O–H groups in total. The number of amides is 1. The maximum Gasteiger partial charge on any atom is 0.250 e. The van der Waals surface area contributed by atoms with Gasteiger partial charge in [-0.05, 0) is 12.1 Å². The molecule has 0 radical (unpaired) electrons. The number of carbonyl (C=O) groups excluding carboxylic acids is 1. The number of benzene rings is 1. The largest absolute Gasteiger partial charge is 0.398 e. The number of nitrogens with two attached hydrogens (primary N) is 2. The van der Waals surface area contributed by atoms with Gasteiger partial charge in [0.25, 0.3) is 5.91 Å². The van der Waals surface area contributed by atoms with Crippen LogP contribution in [0.5, 0.6) is 0 Å². The second-order valence-corrected chi connectivity index (χ2v) is 3.79. The summed E-state index contributed by atoms with van der Waals surface area (Å²) in [6.45, 7) is 0. The summed E-state index contributed by atoms with van der Waals surface area (Å²) in [5, 5.41) is 4.18. The molecular weight excluding hydrogens is 247 g/mol. The van der Waals surface area contributed by atoms with Crippen LogP contribution in [0.3, 0.4) is 0 Å². The molecule has 7 heteroatoms. The van der Waals surface area contributed by atoms with E-state index < -0.39 is 11.7 Å². The molecule has 2 aromatic rings. The van der Waals surface area contributed by atoms with Crippen LogP contribution in [-0.4, -0.2) is 15.7 Å². The molecule has 0 fully saturated rings. The van der Waals surface area contributed by atoms with Crippen molar-refractivity contribution in [1.82, 2.24) is 9.78 Å². The number of hydrogen-bond donors (Lipinski definition) is 2. The highest BCUT2D eigenvalue weighted by molar-refractivity contribution is 6.30. The van der Waals surface area contributed by atoms with E-state index in [-0.39, 0.29) is 16.9 Å². The fourth-order valence-corrected chi connectivity index (χ4v) is 1.53. The Labute approximate surface area is 101 Å². The summed E-state index contributed by atoms with van der Waals surface area (Å²) in [6, 6.07) is 2.25. The minimum atomic E-state index is -0.734. The van der Waals surface area contributed by atoms with Crippen molar-refractivity contribution < 1.29 is 9.18 Å². The SMILES string of the molecule is NC(=O)c1cc(-n2cc(Cl)cn2)c(F)cc1N. The number of hydrogen-bond acceptors (Lipinski definition) is 3. The van der Waals surface area contributed by atoms with E-state index in [4.69, 9.17) is 23.1 Å². The van der Waals surface area contributed by atoms with Gasteiger partial charge in [-0.1, -0.05) is 11.6 Å². The standard InChI is InChI=1S/C10H8ClFN4O/c11-5-3-15-16(4-5)9-1-6(10(14)17)8(13)2-7(9)12/h1-4H,13H2,(H2,14,17). The first-order chi connectivity index (χ1) is 7.99. The zero-order valence-electron chi connectivity index (χ0n) is 8.52. The molecule has 17 heavy (non-hydrogen) atoms. The highest BCUT2D eigenvalue weighted by Crippen LogP contribution is 2.21. The van der Waals surface area contributed by atoms with Gasteiger partial charge in [0, 0.05) is 11.9 Å². The second-order valence-electron chi connectivity index (χ2n) is 3.36. The van der Waals surface area contributed by atoms with Crippen molar-refractivity contribution in [2.24, 2.45) is 5.73 Å². The summed E-state index contributed by atoms with van der Waals surface area (Å²) < 4.78 is 14.9. The number of carbonyl (C=O) groups is 1. The number of nitrogens with zero attached hydrogens (tertiary/aromatic N) is 2. The lowest BCUT2D eigenvalue weighted by atomic mass is 10.1. The first-order valence-electron chi connectivity index (χ1n) is 4.58. The van der Waals surface area contributed by atoms with Gasteiger partial charge in [-0.3, -0.25) is 4.79 Å². The fraction of sp³-hybridized carbons (Fsp3) is 0. The van der Waals surface area contributed by atoms with Crippen molar-refractivity contribution >= 4 is 23.2 Å². The molecule has 0 saturated carbocycles. The van der Waals surface area contributed by atoms with E-state index in [1.807, 2.05) is 0 Å².